The number of carbonyl (C=O) groups excluding carboxylic acids is 1. The molecule has 1 amide bonds. The van der Waals surface area contributed by atoms with Crippen LogP contribution in [0.2, 0.25) is 0 Å². The fourth-order valence-corrected chi connectivity index (χ4v) is 3.48. The molecule has 0 saturated carbocycles. The Labute approximate surface area is 178 Å². The van der Waals surface area contributed by atoms with Crippen molar-refractivity contribution >= 4 is 11.6 Å². The molecular formula is C24H20N6O. The van der Waals surface area contributed by atoms with Gasteiger partial charge in [0.25, 0.3) is 5.91 Å². The maximum Gasteiger partial charge on any atom is 0.271 e. The lowest BCUT2D eigenvalue weighted by atomic mass is 10.1. The lowest BCUT2D eigenvalue weighted by Gasteiger charge is -2.08. The molecular weight excluding hydrogens is 388 g/mol. The Kier molecular flexibility index (Phi) is 4.98. The Morgan fingerprint density at radius 3 is 2.42 bits per heavy atom. The molecule has 0 bridgehead atoms. The minimum atomic E-state index is -0.235. The number of aromatic amines is 1. The zero-order valence-electron chi connectivity index (χ0n) is 16.7. The van der Waals surface area contributed by atoms with E-state index in [4.69, 9.17) is 4.98 Å². The van der Waals surface area contributed by atoms with E-state index in [9.17, 15) is 4.79 Å². The molecule has 2 aromatic carbocycles. The normalized spacial score (nSPS) is 11.0. The highest BCUT2D eigenvalue weighted by molar-refractivity contribution is 5.93. The molecule has 3 heterocycles. The standard InChI is InChI=1S/C24H20N6O/c31-24(26-12-11-19-15-25-16-27-19)21-14-23-28-20(17-7-3-1-4-8-17)13-22(30(23)29-21)18-9-5-2-6-10-18/h1-10,13-16H,11-12H2,(H,25,27)(H,26,31). The first-order valence-electron chi connectivity index (χ1n) is 10.1. The van der Waals surface area contributed by atoms with Gasteiger partial charge < -0.3 is 10.3 Å². The Bertz CT molecular complexity index is 1310. The van der Waals surface area contributed by atoms with Gasteiger partial charge in [-0.2, -0.15) is 5.10 Å². The van der Waals surface area contributed by atoms with Crippen LogP contribution in [0.1, 0.15) is 16.2 Å². The number of rotatable bonds is 6. The van der Waals surface area contributed by atoms with E-state index < -0.39 is 0 Å². The van der Waals surface area contributed by atoms with E-state index in [0.717, 1.165) is 28.2 Å². The largest absolute Gasteiger partial charge is 0.351 e. The van der Waals surface area contributed by atoms with Crippen molar-refractivity contribution < 1.29 is 4.79 Å². The van der Waals surface area contributed by atoms with E-state index in [1.165, 1.54) is 0 Å². The fraction of sp³-hybridized carbons (Fsp3) is 0.0833. The molecule has 0 aliphatic heterocycles. The van der Waals surface area contributed by atoms with Gasteiger partial charge in [-0.1, -0.05) is 60.7 Å². The van der Waals surface area contributed by atoms with E-state index in [0.29, 0.717) is 24.3 Å². The van der Waals surface area contributed by atoms with Crippen LogP contribution >= 0.6 is 0 Å². The molecule has 2 N–H and O–H groups in total. The summed E-state index contributed by atoms with van der Waals surface area (Å²) in [5.74, 6) is -0.235. The highest BCUT2D eigenvalue weighted by Gasteiger charge is 2.16. The number of imidazole rings is 1. The van der Waals surface area contributed by atoms with Gasteiger partial charge in [0.2, 0.25) is 0 Å². The van der Waals surface area contributed by atoms with Crippen LogP contribution in [0.5, 0.6) is 0 Å². The number of hydrogen-bond donors (Lipinski definition) is 2. The maximum atomic E-state index is 12.7. The van der Waals surface area contributed by atoms with Crippen LogP contribution in [0, 0.1) is 0 Å². The monoisotopic (exact) mass is 408 g/mol. The first-order valence-corrected chi connectivity index (χ1v) is 10.1. The summed E-state index contributed by atoms with van der Waals surface area (Å²) in [5.41, 5.74) is 5.57. The van der Waals surface area contributed by atoms with E-state index >= 15 is 0 Å². The summed E-state index contributed by atoms with van der Waals surface area (Å²) >= 11 is 0. The molecule has 0 fully saturated rings. The number of hydrogen-bond acceptors (Lipinski definition) is 4. The van der Waals surface area contributed by atoms with Crippen molar-refractivity contribution in [3.05, 3.63) is 96.7 Å². The minimum absolute atomic E-state index is 0.235. The Hall–Kier alpha value is -4.26. The number of amides is 1. The summed E-state index contributed by atoms with van der Waals surface area (Å²) in [5, 5.41) is 7.47. The van der Waals surface area contributed by atoms with Crippen molar-refractivity contribution in [1.29, 1.82) is 0 Å². The number of benzene rings is 2. The van der Waals surface area contributed by atoms with Crippen molar-refractivity contribution in [1.82, 2.24) is 29.9 Å². The molecule has 3 aromatic heterocycles. The second-order valence-electron chi connectivity index (χ2n) is 7.12. The fourth-order valence-electron chi connectivity index (χ4n) is 3.48. The van der Waals surface area contributed by atoms with Gasteiger partial charge in [0.15, 0.2) is 11.3 Å². The highest BCUT2D eigenvalue weighted by atomic mass is 16.1. The van der Waals surface area contributed by atoms with Crippen molar-refractivity contribution in [2.45, 2.75) is 6.42 Å². The zero-order chi connectivity index (χ0) is 21.0. The van der Waals surface area contributed by atoms with Crippen molar-refractivity contribution in [3.8, 4) is 22.5 Å². The summed E-state index contributed by atoms with van der Waals surface area (Å²) < 4.78 is 1.73. The third-order valence-corrected chi connectivity index (χ3v) is 5.02. The Morgan fingerprint density at radius 2 is 1.71 bits per heavy atom. The second-order valence-corrected chi connectivity index (χ2v) is 7.12. The first-order chi connectivity index (χ1) is 15.3. The van der Waals surface area contributed by atoms with Gasteiger partial charge in [-0.15, -0.1) is 0 Å². The van der Waals surface area contributed by atoms with Crippen molar-refractivity contribution in [2.75, 3.05) is 6.54 Å². The third kappa shape index (κ3) is 3.93. The molecule has 7 heteroatoms. The van der Waals surface area contributed by atoms with Crippen LogP contribution in [0.3, 0.4) is 0 Å². The van der Waals surface area contributed by atoms with E-state index in [1.54, 1.807) is 16.9 Å². The summed E-state index contributed by atoms with van der Waals surface area (Å²) in [6.45, 7) is 0.478. The van der Waals surface area contributed by atoms with Crippen LogP contribution in [-0.2, 0) is 6.42 Å². The smallest absolute Gasteiger partial charge is 0.271 e. The van der Waals surface area contributed by atoms with E-state index in [2.05, 4.69) is 20.4 Å². The minimum Gasteiger partial charge on any atom is -0.351 e. The predicted molar refractivity (Wildman–Crippen MR) is 118 cm³/mol. The molecule has 5 aromatic rings. The second kappa shape index (κ2) is 8.23. The first kappa shape index (κ1) is 18.7. The van der Waals surface area contributed by atoms with E-state index in [-0.39, 0.29) is 5.91 Å². The van der Waals surface area contributed by atoms with Gasteiger partial charge >= 0.3 is 0 Å². The van der Waals surface area contributed by atoms with Crippen LogP contribution in [0.25, 0.3) is 28.2 Å². The number of nitrogens with one attached hydrogen (secondary N) is 2. The topological polar surface area (TPSA) is 88.0 Å². The average Bonchev–Trinajstić information content (AvgIpc) is 3.49. The van der Waals surface area contributed by atoms with Gasteiger partial charge in [0.1, 0.15) is 0 Å². The van der Waals surface area contributed by atoms with Gasteiger partial charge in [0.05, 0.1) is 23.4 Å². The van der Waals surface area contributed by atoms with Crippen LogP contribution in [0.4, 0.5) is 0 Å². The maximum absolute atomic E-state index is 12.7. The van der Waals surface area contributed by atoms with Crippen LogP contribution in [0.15, 0.2) is 85.3 Å². The molecule has 0 saturated heterocycles. The zero-order valence-corrected chi connectivity index (χ0v) is 16.7. The van der Waals surface area contributed by atoms with E-state index in [1.807, 2.05) is 72.9 Å². The van der Waals surface area contributed by atoms with Gasteiger partial charge in [-0.25, -0.2) is 14.5 Å². The van der Waals surface area contributed by atoms with Crippen LogP contribution in [-0.4, -0.2) is 37.0 Å². The average molecular weight is 408 g/mol. The number of aromatic nitrogens is 5. The van der Waals surface area contributed by atoms with Gasteiger partial charge in [-0.05, 0) is 6.07 Å². The third-order valence-electron chi connectivity index (χ3n) is 5.02. The molecule has 0 radical (unpaired) electrons. The number of H-pyrrole nitrogens is 1. The summed E-state index contributed by atoms with van der Waals surface area (Å²) in [6, 6.07) is 23.7. The molecule has 0 aliphatic carbocycles. The predicted octanol–water partition coefficient (Wildman–Crippen LogP) is 3.76. The molecule has 0 atom stereocenters. The number of fused-ring (bicyclic) bond motifs is 1. The summed E-state index contributed by atoms with van der Waals surface area (Å²) in [4.78, 5) is 24.5. The summed E-state index contributed by atoms with van der Waals surface area (Å²) in [7, 11) is 0. The molecule has 0 spiro atoms. The van der Waals surface area contributed by atoms with Crippen molar-refractivity contribution in [3.63, 3.8) is 0 Å². The Balaban J connectivity index is 1.51. The number of nitrogens with zero attached hydrogens (tertiary/aromatic N) is 4. The van der Waals surface area contributed by atoms with Gasteiger partial charge in [-0.3, -0.25) is 4.79 Å². The molecule has 0 unspecified atom stereocenters. The molecule has 152 valence electrons. The Morgan fingerprint density at radius 1 is 0.968 bits per heavy atom. The quantitative estimate of drug-likeness (QED) is 0.448. The highest BCUT2D eigenvalue weighted by Crippen LogP contribution is 2.26. The summed E-state index contributed by atoms with van der Waals surface area (Å²) in [6.07, 6.45) is 4.09. The van der Waals surface area contributed by atoms with Crippen molar-refractivity contribution in [2.24, 2.45) is 0 Å². The molecule has 5 rings (SSSR count). The molecule has 31 heavy (non-hydrogen) atoms. The van der Waals surface area contributed by atoms with Crippen LogP contribution < -0.4 is 5.32 Å². The number of carbonyl (C=O) groups is 1. The lowest BCUT2D eigenvalue weighted by molar-refractivity contribution is 0.0949. The molecule has 7 nitrogen and oxygen atoms in total. The SMILES string of the molecule is O=C(NCCc1c[nH]cn1)c1cc2nc(-c3ccccc3)cc(-c3ccccc3)n2n1. The molecule has 0 aliphatic rings. The lowest BCUT2D eigenvalue weighted by Crippen LogP contribution is -2.26. The van der Waals surface area contributed by atoms with Gasteiger partial charge in [0, 0.05) is 36.4 Å².